The summed E-state index contributed by atoms with van der Waals surface area (Å²) < 4.78 is 5.73. The molecule has 0 radical (unpaired) electrons. The van der Waals surface area contributed by atoms with Gasteiger partial charge < -0.3 is 20.2 Å². The van der Waals surface area contributed by atoms with Crippen molar-refractivity contribution in [2.75, 3.05) is 10.6 Å². The highest BCUT2D eigenvalue weighted by atomic mass is 35.5. The first kappa shape index (κ1) is 23.1. The first-order chi connectivity index (χ1) is 17.4. The van der Waals surface area contributed by atoms with Crippen molar-refractivity contribution in [3.05, 3.63) is 94.3 Å². The molecule has 0 spiro atoms. The van der Waals surface area contributed by atoms with Crippen molar-refractivity contribution in [3.8, 4) is 0 Å². The summed E-state index contributed by atoms with van der Waals surface area (Å²) in [5.74, 6) is -1.30. The van der Waals surface area contributed by atoms with Crippen molar-refractivity contribution < 1.29 is 19.1 Å². The van der Waals surface area contributed by atoms with Crippen molar-refractivity contribution >= 4 is 52.4 Å². The quantitative estimate of drug-likeness (QED) is 0.310. The van der Waals surface area contributed by atoms with E-state index >= 15 is 0 Å². The SMILES string of the molecule is CC1=C(C(=O)Nc2cccc(C(=O)O)n2)C(c2ccccc2Cl)N=C(Nc2nc3ccccc3o2)N1. The number of aromatic nitrogens is 2. The van der Waals surface area contributed by atoms with Crippen LogP contribution in [0.4, 0.5) is 11.8 Å². The van der Waals surface area contributed by atoms with Gasteiger partial charge in [0.1, 0.15) is 17.4 Å². The van der Waals surface area contributed by atoms with Gasteiger partial charge in [-0.25, -0.2) is 14.8 Å². The molecule has 1 atom stereocenters. The first-order valence-electron chi connectivity index (χ1n) is 10.8. The molecule has 2 aromatic carbocycles. The van der Waals surface area contributed by atoms with Crippen LogP contribution in [0.5, 0.6) is 0 Å². The number of rotatable bonds is 5. The van der Waals surface area contributed by atoms with Gasteiger partial charge in [-0.1, -0.05) is 48.0 Å². The number of carbonyl (C=O) groups is 2. The molecule has 4 aromatic rings. The molecule has 36 heavy (non-hydrogen) atoms. The Hall–Kier alpha value is -4.70. The van der Waals surface area contributed by atoms with Crippen LogP contribution in [0.25, 0.3) is 11.1 Å². The molecule has 4 N–H and O–H groups in total. The zero-order valence-electron chi connectivity index (χ0n) is 18.8. The molecule has 11 heteroatoms. The Morgan fingerprint density at radius 3 is 2.58 bits per heavy atom. The lowest BCUT2D eigenvalue weighted by molar-refractivity contribution is -0.113. The maximum Gasteiger partial charge on any atom is 0.354 e. The molecule has 1 unspecified atom stereocenters. The number of aliphatic imine (C=N–C) groups is 1. The van der Waals surface area contributed by atoms with Crippen molar-refractivity contribution in [2.24, 2.45) is 4.99 Å². The van der Waals surface area contributed by atoms with Gasteiger partial charge in [-0.15, -0.1) is 0 Å². The minimum Gasteiger partial charge on any atom is -0.477 e. The van der Waals surface area contributed by atoms with E-state index in [2.05, 4.69) is 25.9 Å². The van der Waals surface area contributed by atoms with Gasteiger partial charge in [0, 0.05) is 16.3 Å². The Kier molecular flexibility index (Phi) is 6.09. The minimum absolute atomic E-state index is 0.0949. The number of carbonyl (C=O) groups excluding carboxylic acids is 1. The molecule has 0 saturated heterocycles. The van der Waals surface area contributed by atoms with Crippen molar-refractivity contribution in [3.63, 3.8) is 0 Å². The van der Waals surface area contributed by atoms with Crippen molar-refractivity contribution in [1.82, 2.24) is 15.3 Å². The number of fused-ring (bicyclic) bond motifs is 1. The summed E-state index contributed by atoms with van der Waals surface area (Å²) >= 11 is 6.48. The van der Waals surface area contributed by atoms with E-state index in [1.54, 1.807) is 37.3 Å². The van der Waals surface area contributed by atoms with Gasteiger partial charge in [0.05, 0.1) is 5.57 Å². The van der Waals surface area contributed by atoms with Crippen LogP contribution in [-0.4, -0.2) is 32.9 Å². The molecule has 10 nitrogen and oxygen atoms in total. The number of amides is 1. The average molecular weight is 503 g/mol. The predicted molar refractivity (Wildman–Crippen MR) is 135 cm³/mol. The maximum absolute atomic E-state index is 13.4. The van der Waals surface area contributed by atoms with E-state index in [1.165, 1.54) is 18.2 Å². The summed E-state index contributed by atoms with van der Waals surface area (Å²) in [5, 5.41) is 18.4. The number of benzene rings is 2. The third kappa shape index (κ3) is 4.62. The van der Waals surface area contributed by atoms with Crippen LogP contribution in [0.15, 0.2) is 87.4 Å². The average Bonchev–Trinajstić information content (AvgIpc) is 3.26. The normalized spacial score (nSPS) is 15.3. The van der Waals surface area contributed by atoms with E-state index < -0.39 is 17.9 Å². The van der Waals surface area contributed by atoms with E-state index in [4.69, 9.17) is 21.0 Å². The van der Waals surface area contributed by atoms with Gasteiger partial charge in [-0.2, -0.15) is 4.98 Å². The molecule has 0 aliphatic carbocycles. The number of allylic oxidation sites excluding steroid dienone is 1. The number of anilines is 2. The number of hydrogen-bond donors (Lipinski definition) is 4. The van der Waals surface area contributed by atoms with E-state index in [-0.39, 0.29) is 23.1 Å². The van der Waals surface area contributed by atoms with Gasteiger partial charge in [0.25, 0.3) is 5.91 Å². The summed E-state index contributed by atoms with van der Waals surface area (Å²) in [7, 11) is 0. The Labute approximate surface area is 209 Å². The summed E-state index contributed by atoms with van der Waals surface area (Å²) in [6.07, 6.45) is 0. The second-order valence-electron chi connectivity index (χ2n) is 7.84. The number of carboxylic acids is 1. The molecule has 0 bridgehead atoms. The zero-order valence-corrected chi connectivity index (χ0v) is 19.6. The Morgan fingerprint density at radius 1 is 1.03 bits per heavy atom. The Balaban J connectivity index is 1.48. The smallest absolute Gasteiger partial charge is 0.354 e. The van der Waals surface area contributed by atoms with Crippen LogP contribution in [0, 0.1) is 0 Å². The lowest BCUT2D eigenvalue weighted by atomic mass is 9.95. The van der Waals surface area contributed by atoms with E-state index in [9.17, 15) is 14.7 Å². The molecule has 3 heterocycles. The molecule has 1 aliphatic rings. The summed E-state index contributed by atoms with van der Waals surface area (Å²) in [6, 6.07) is 18.2. The summed E-state index contributed by atoms with van der Waals surface area (Å²) in [5.41, 5.74) is 2.50. The first-order valence-corrected chi connectivity index (χ1v) is 11.2. The number of nitrogens with zero attached hydrogens (tertiary/aromatic N) is 3. The van der Waals surface area contributed by atoms with Gasteiger partial charge in [0.15, 0.2) is 11.3 Å². The van der Waals surface area contributed by atoms with Gasteiger partial charge in [-0.05, 0) is 37.3 Å². The fourth-order valence-electron chi connectivity index (χ4n) is 3.79. The van der Waals surface area contributed by atoms with Crippen LogP contribution in [0.1, 0.15) is 29.0 Å². The van der Waals surface area contributed by atoms with E-state index in [1.807, 2.05) is 18.2 Å². The number of aromatic carboxylic acids is 1. The highest BCUT2D eigenvalue weighted by Crippen LogP contribution is 2.35. The number of guanidine groups is 1. The monoisotopic (exact) mass is 502 g/mol. The second kappa shape index (κ2) is 9.51. The number of oxazole rings is 1. The van der Waals surface area contributed by atoms with E-state index in [0.29, 0.717) is 33.3 Å². The van der Waals surface area contributed by atoms with Crippen LogP contribution < -0.4 is 16.0 Å². The van der Waals surface area contributed by atoms with Crippen LogP contribution >= 0.6 is 11.6 Å². The summed E-state index contributed by atoms with van der Waals surface area (Å²) in [4.78, 5) is 37.7. The van der Waals surface area contributed by atoms with Crippen molar-refractivity contribution in [1.29, 1.82) is 0 Å². The highest BCUT2D eigenvalue weighted by molar-refractivity contribution is 6.31. The molecule has 2 aromatic heterocycles. The highest BCUT2D eigenvalue weighted by Gasteiger charge is 2.31. The maximum atomic E-state index is 13.4. The molecule has 0 fully saturated rings. The lowest BCUT2D eigenvalue weighted by Crippen LogP contribution is -2.37. The van der Waals surface area contributed by atoms with Crippen LogP contribution in [0.3, 0.4) is 0 Å². The predicted octanol–water partition coefficient (Wildman–Crippen LogP) is 4.60. The lowest BCUT2D eigenvalue weighted by Gasteiger charge is -2.26. The molecule has 180 valence electrons. The Morgan fingerprint density at radius 2 is 1.81 bits per heavy atom. The number of nitrogens with one attached hydrogen (secondary N) is 3. The molecule has 0 saturated carbocycles. The molecular formula is C25H19ClN6O4. The molecule has 5 rings (SSSR count). The number of halogens is 1. The van der Waals surface area contributed by atoms with Gasteiger partial charge in [0.2, 0.25) is 5.96 Å². The third-order valence-corrected chi connectivity index (χ3v) is 5.76. The third-order valence-electron chi connectivity index (χ3n) is 5.42. The fourth-order valence-corrected chi connectivity index (χ4v) is 4.03. The topological polar surface area (TPSA) is 142 Å². The van der Waals surface area contributed by atoms with Crippen LogP contribution in [-0.2, 0) is 4.79 Å². The molecule has 1 aliphatic heterocycles. The van der Waals surface area contributed by atoms with E-state index in [0.717, 1.165) is 0 Å². The fraction of sp³-hybridized carbons (Fsp3) is 0.0800. The molecular weight excluding hydrogens is 484 g/mol. The standard InChI is InChI=1S/C25H19ClN6O4/c1-13-20(22(33)30-19-12-6-10-17(28-19)23(34)35)21(14-7-2-3-8-15(14)26)31-24(27-13)32-25-29-16-9-4-5-11-18(16)36-25/h2-12,21H,1H3,(H,34,35)(H,28,30,33)(H2,27,29,31,32). The van der Waals surface area contributed by atoms with Crippen LogP contribution in [0.2, 0.25) is 5.02 Å². The summed E-state index contributed by atoms with van der Waals surface area (Å²) in [6.45, 7) is 1.72. The zero-order chi connectivity index (χ0) is 25.2. The second-order valence-corrected chi connectivity index (χ2v) is 8.25. The minimum atomic E-state index is -1.20. The molecule has 1 amide bonds. The van der Waals surface area contributed by atoms with Gasteiger partial charge >= 0.3 is 12.0 Å². The number of para-hydroxylation sites is 2. The van der Waals surface area contributed by atoms with Gasteiger partial charge in [-0.3, -0.25) is 10.1 Å². The Bertz CT molecular complexity index is 1530. The van der Waals surface area contributed by atoms with Crippen molar-refractivity contribution in [2.45, 2.75) is 13.0 Å². The number of hydrogen-bond acceptors (Lipinski definition) is 8. The largest absolute Gasteiger partial charge is 0.477 e. The number of carboxylic acid groups (broad SMARTS) is 1. The number of pyridine rings is 1.